The number of piperidine rings is 1. The van der Waals surface area contributed by atoms with Crippen LogP contribution in [0.2, 0.25) is 0 Å². The number of hydrogen-bond acceptors (Lipinski definition) is 6. The van der Waals surface area contributed by atoms with Gasteiger partial charge in [0, 0.05) is 39.1 Å². The molecule has 5 atom stereocenters. The third-order valence-corrected chi connectivity index (χ3v) is 7.99. The molecule has 26 heavy (non-hydrogen) atoms. The molecule has 3 saturated heterocycles. The number of halogens is 1. The molecule has 0 radical (unpaired) electrons. The van der Waals surface area contributed by atoms with Crippen molar-refractivity contribution in [3.05, 3.63) is 0 Å². The van der Waals surface area contributed by atoms with Crippen molar-refractivity contribution < 1.29 is 18.0 Å². The van der Waals surface area contributed by atoms with Gasteiger partial charge in [0.15, 0.2) is 9.84 Å². The Morgan fingerprint density at radius 1 is 1.08 bits per heavy atom. The predicted octanol–water partition coefficient (Wildman–Crippen LogP) is -1.73. The van der Waals surface area contributed by atoms with E-state index in [9.17, 15) is 18.0 Å². The Hall–Kier alpha value is -0.900. The smallest absolute Gasteiger partial charge is 0.236 e. The summed E-state index contributed by atoms with van der Waals surface area (Å²) in [7, 11) is 0.218. The van der Waals surface area contributed by atoms with E-state index >= 15 is 0 Å². The van der Waals surface area contributed by atoms with Crippen LogP contribution in [0.25, 0.3) is 0 Å². The van der Waals surface area contributed by atoms with Crippen LogP contribution in [0.4, 0.5) is 0 Å². The SMILES string of the molecule is CN(C)C(=O)CN1CCN(C(=O)C2[C@H]3CNC[C@@H]23)[C@H]2CS(=O)(=O)C[C@H]21.Cl. The normalized spacial score (nSPS) is 37.5. The van der Waals surface area contributed by atoms with Gasteiger partial charge in [-0.25, -0.2) is 8.42 Å². The van der Waals surface area contributed by atoms with Gasteiger partial charge < -0.3 is 15.1 Å². The average molecular weight is 407 g/mol. The number of carbonyl (C=O) groups excluding carboxylic acids is 2. The number of likely N-dealkylation sites (N-methyl/N-ethyl adjacent to an activating group) is 1. The van der Waals surface area contributed by atoms with Gasteiger partial charge in [-0.3, -0.25) is 14.5 Å². The highest BCUT2D eigenvalue weighted by Gasteiger charge is 2.60. The van der Waals surface area contributed by atoms with Gasteiger partial charge in [0.1, 0.15) is 0 Å². The van der Waals surface area contributed by atoms with Crippen molar-refractivity contribution in [1.82, 2.24) is 20.0 Å². The quantitative estimate of drug-likeness (QED) is 0.599. The largest absolute Gasteiger partial charge is 0.348 e. The molecule has 0 aromatic heterocycles. The third kappa shape index (κ3) is 3.34. The Morgan fingerprint density at radius 2 is 1.69 bits per heavy atom. The molecule has 1 saturated carbocycles. The van der Waals surface area contributed by atoms with Crippen LogP contribution in [-0.4, -0.2) is 105 Å². The fourth-order valence-corrected chi connectivity index (χ4v) is 6.80. The van der Waals surface area contributed by atoms with Crippen molar-refractivity contribution in [1.29, 1.82) is 0 Å². The van der Waals surface area contributed by atoms with Gasteiger partial charge in [0.25, 0.3) is 0 Å². The summed E-state index contributed by atoms with van der Waals surface area (Å²) in [6.45, 7) is 3.07. The number of amides is 2. The predicted molar refractivity (Wildman–Crippen MR) is 98.8 cm³/mol. The summed E-state index contributed by atoms with van der Waals surface area (Å²) >= 11 is 0. The minimum absolute atomic E-state index is 0. The van der Waals surface area contributed by atoms with Crippen molar-refractivity contribution in [2.75, 3.05) is 58.3 Å². The average Bonchev–Trinajstić information content (AvgIpc) is 2.87. The zero-order valence-electron chi connectivity index (χ0n) is 15.1. The third-order valence-electron chi connectivity index (χ3n) is 6.29. The van der Waals surface area contributed by atoms with Crippen LogP contribution in [0.5, 0.6) is 0 Å². The number of sulfone groups is 1. The van der Waals surface area contributed by atoms with E-state index in [2.05, 4.69) is 5.32 Å². The molecule has 10 heteroatoms. The van der Waals surface area contributed by atoms with Crippen LogP contribution >= 0.6 is 12.4 Å². The number of piperazine rings is 1. The van der Waals surface area contributed by atoms with Crippen LogP contribution in [0, 0.1) is 17.8 Å². The Bertz CT molecular complexity index is 690. The van der Waals surface area contributed by atoms with E-state index in [0.29, 0.717) is 24.9 Å². The number of nitrogens with zero attached hydrogens (tertiary/aromatic N) is 3. The Kier molecular flexibility index (Phi) is 5.29. The second kappa shape index (κ2) is 6.92. The molecule has 148 valence electrons. The van der Waals surface area contributed by atoms with Gasteiger partial charge in [-0.2, -0.15) is 0 Å². The summed E-state index contributed by atoms with van der Waals surface area (Å²) in [5, 5.41) is 3.29. The van der Waals surface area contributed by atoms with E-state index in [1.807, 2.05) is 9.80 Å². The van der Waals surface area contributed by atoms with E-state index in [1.165, 1.54) is 4.90 Å². The molecule has 8 nitrogen and oxygen atoms in total. The second-order valence-corrected chi connectivity index (χ2v) is 10.2. The first-order chi connectivity index (χ1) is 11.8. The maximum Gasteiger partial charge on any atom is 0.236 e. The molecule has 2 amide bonds. The summed E-state index contributed by atoms with van der Waals surface area (Å²) in [5.41, 5.74) is 0. The lowest BCUT2D eigenvalue weighted by Gasteiger charge is -2.44. The molecule has 4 fully saturated rings. The molecule has 0 spiro atoms. The molecule has 3 aliphatic heterocycles. The van der Waals surface area contributed by atoms with Crippen molar-refractivity contribution in [3.8, 4) is 0 Å². The van der Waals surface area contributed by atoms with Gasteiger partial charge in [-0.15, -0.1) is 12.4 Å². The van der Waals surface area contributed by atoms with Crippen molar-refractivity contribution in [2.45, 2.75) is 12.1 Å². The lowest BCUT2D eigenvalue weighted by Crippen LogP contribution is -2.62. The molecule has 0 aromatic carbocycles. The monoisotopic (exact) mass is 406 g/mol. The highest BCUT2D eigenvalue weighted by molar-refractivity contribution is 7.91. The summed E-state index contributed by atoms with van der Waals surface area (Å²) in [4.78, 5) is 30.3. The first kappa shape index (κ1) is 19.9. The molecule has 1 N–H and O–H groups in total. The lowest BCUT2D eigenvalue weighted by molar-refractivity contribution is -0.140. The van der Waals surface area contributed by atoms with Gasteiger partial charge in [0.05, 0.1) is 24.1 Å². The van der Waals surface area contributed by atoms with E-state index in [-0.39, 0.29) is 60.3 Å². The number of hydrogen-bond donors (Lipinski definition) is 1. The first-order valence-corrected chi connectivity index (χ1v) is 10.8. The van der Waals surface area contributed by atoms with Crippen molar-refractivity contribution in [3.63, 3.8) is 0 Å². The molecule has 1 unspecified atom stereocenters. The van der Waals surface area contributed by atoms with Crippen LogP contribution in [0.1, 0.15) is 0 Å². The highest BCUT2D eigenvalue weighted by Crippen LogP contribution is 2.50. The number of fused-ring (bicyclic) bond motifs is 2. The van der Waals surface area contributed by atoms with Crippen molar-refractivity contribution >= 4 is 34.1 Å². The van der Waals surface area contributed by atoms with Crippen LogP contribution < -0.4 is 5.32 Å². The molecule has 4 rings (SSSR count). The topological polar surface area (TPSA) is 90.0 Å². The van der Waals surface area contributed by atoms with E-state index < -0.39 is 9.84 Å². The fraction of sp³-hybridized carbons (Fsp3) is 0.875. The maximum absolute atomic E-state index is 13.0. The minimum Gasteiger partial charge on any atom is -0.348 e. The Labute approximate surface area is 160 Å². The molecule has 0 bridgehead atoms. The molecule has 4 aliphatic rings. The first-order valence-electron chi connectivity index (χ1n) is 8.94. The van der Waals surface area contributed by atoms with Gasteiger partial charge in [-0.05, 0) is 24.9 Å². The zero-order valence-corrected chi connectivity index (χ0v) is 16.8. The minimum atomic E-state index is -3.18. The number of rotatable bonds is 3. The fourth-order valence-electron chi connectivity index (χ4n) is 4.79. The Balaban J connectivity index is 0.00000196. The van der Waals surface area contributed by atoms with E-state index in [1.54, 1.807) is 14.1 Å². The van der Waals surface area contributed by atoms with Crippen molar-refractivity contribution in [2.24, 2.45) is 17.8 Å². The molecular weight excluding hydrogens is 380 g/mol. The Morgan fingerprint density at radius 3 is 2.31 bits per heavy atom. The standard InChI is InChI=1S/C16H26N4O4S.ClH/c1-18(2)14(21)7-19-3-4-20(13-9-25(23,24)8-12(13)19)16(22)15-10-5-17-6-11(10)15;/h10-13,15,17H,3-9H2,1-2H3;1H/t10-,11+,12-,13+,15?;/m1./s1. The molecule has 0 aromatic rings. The molecular formula is C16H27ClN4O4S. The number of carbonyl (C=O) groups is 2. The molecule has 1 aliphatic carbocycles. The maximum atomic E-state index is 13.0. The van der Waals surface area contributed by atoms with Crippen LogP contribution in [0.15, 0.2) is 0 Å². The lowest BCUT2D eigenvalue weighted by atomic mass is 10.0. The zero-order chi connectivity index (χ0) is 17.9. The van der Waals surface area contributed by atoms with Crippen LogP contribution in [0.3, 0.4) is 0 Å². The van der Waals surface area contributed by atoms with Gasteiger partial charge in [-0.1, -0.05) is 0 Å². The van der Waals surface area contributed by atoms with E-state index in [0.717, 1.165) is 13.1 Å². The summed E-state index contributed by atoms with van der Waals surface area (Å²) in [5.74, 6) is 1.08. The summed E-state index contributed by atoms with van der Waals surface area (Å²) in [6, 6.07) is -0.571. The molecule has 3 heterocycles. The summed E-state index contributed by atoms with van der Waals surface area (Å²) < 4.78 is 24.5. The van der Waals surface area contributed by atoms with Crippen LogP contribution in [-0.2, 0) is 19.4 Å². The highest BCUT2D eigenvalue weighted by atomic mass is 35.5. The van der Waals surface area contributed by atoms with E-state index in [4.69, 9.17) is 0 Å². The summed E-state index contributed by atoms with van der Waals surface area (Å²) in [6.07, 6.45) is 0. The van der Waals surface area contributed by atoms with Gasteiger partial charge >= 0.3 is 0 Å². The number of nitrogens with one attached hydrogen (secondary N) is 1. The second-order valence-electron chi connectivity index (χ2n) is 8.01. The van der Waals surface area contributed by atoms with Gasteiger partial charge in [0.2, 0.25) is 11.8 Å².